The number of benzene rings is 1. The number of aryl methyl sites for hydroxylation is 1. The maximum absolute atomic E-state index is 12.8. The summed E-state index contributed by atoms with van der Waals surface area (Å²) in [5.41, 5.74) is 2.94. The van der Waals surface area contributed by atoms with Gasteiger partial charge in [0.2, 0.25) is 0 Å². The summed E-state index contributed by atoms with van der Waals surface area (Å²) in [6.45, 7) is 7.61. The molecule has 0 unspecified atom stereocenters. The summed E-state index contributed by atoms with van der Waals surface area (Å²) < 4.78 is 12.8. The lowest BCUT2D eigenvalue weighted by molar-refractivity contribution is 0.627. The molecule has 0 radical (unpaired) electrons. The van der Waals surface area contributed by atoms with Crippen molar-refractivity contribution in [3.63, 3.8) is 0 Å². The van der Waals surface area contributed by atoms with Gasteiger partial charge in [-0.15, -0.1) is 0 Å². The predicted molar refractivity (Wildman–Crippen MR) is 55.0 cm³/mol. The van der Waals surface area contributed by atoms with Gasteiger partial charge in [0.1, 0.15) is 5.82 Å². The first-order valence-corrected chi connectivity index (χ1v) is 4.19. The molecule has 0 aliphatic rings. The molecule has 1 aromatic carbocycles. The minimum atomic E-state index is -0.202. The van der Waals surface area contributed by atoms with Crippen molar-refractivity contribution >= 4 is 6.08 Å². The average Bonchev–Trinajstić information content (AvgIpc) is 2.06. The van der Waals surface area contributed by atoms with E-state index in [4.69, 9.17) is 0 Å². The Balaban J connectivity index is 3.00. The molecule has 0 bridgehead atoms. The van der Waals surface area contributed by atoms with E-state index in [2.05, 4.69) is 6.58 Å². The van der Waals surface area contributed by atoms with Gasteiger partial charge in [-0.2, -0.15) is 0 Å². The largest absolute Gasteiger partial charge is 0.207 e. The Labute approximate surface area is 78.4 Å². The highest BCUT2D eigenvalue weighted by molar-refractivity contribution is 5.55. The van der Waals surface area contributed by atoms with Crippen LogP contribution in [-0.4, -0.2) is 0 Å². The van der Waals surface area contributed by atoms with E-state index in [1.807, 2.05) is 26.0 Å². The van der Waals surface area contributed by atoms with Crippen molar-refractivity contribution in [3.05, 3.63) is 53.4 Å². The molecule has 68 valence electrons. The Morgan fingerprint density at radius 3 is 2.77 bits per heavy atom. The molecular weight excluding hydrogens is 163 g/mol. The van der Waals surface area contributed by atoms with Crippen molar-refractivity contribution in [2.75, 3.05) is 0 Å². The summed E-state index contributed by atoms with van der Waals surface area (Å²) in [4.78, 5) is 0. The van der Waals surface area contributed by atoms with Crippen LogP contribution < -0.4 is 0 Å². The van der Waals surface area contributed by atoms with Gasteiger partial charge in [-0.3, -0.25) is 0 Å². The molecule has 0 atom stereocenters. The zero-order valence-electron chi connectivity index (χ0n) is 7.97. The van der Waals surface area contributed by atoms with Gasteiger partial charge in [0.05, 0.1) is 0 Å². The van der Waals surface area contributed by atoms with Crippen molar-refractivity contribution < 1.29 is 4.39 Å². The van der Waals surface area contributed by atoms with Gasteiger partial charge in [-0.05, 0) is 37.1 Å². The van der Waals surface area contributed by atoms with Crippen LogP contribution in [0.5, 0.6) is 0 Å². The van der Waals surface area contributed by atoms with Crippen molar-refractivity contribution in [3.8, 4) is 0 Å². The van der Waals surface area contributed by atoms with Crippen LogP contribution in [0.3, 0.4) is 0 Å². The van der Waals surface area contributed by atoms with E-state index >= 15 is 0 Å². The quantitative estimate of drug-likeness (QED) is 0.602. The molecule has 0 N–H and O–H groups in total. The fourth-order valence-electron chi connectivity index (χ4n) is 1.02. The average molecular weight is 176 g/mol. The van der Waals surface area contributed by atoms with Gasteiger partial charge in [0.25, 0.3) is 0 Å². The molecule has 0 spiro atoms. The molecule has 0 heterocycles. The predicted octanol–water partition coefficient (Wildman–Crippen LogP) is 3.72. The third kappa shape index (κ3) is 2.86. The van der Waals surface area contributed by atoms with E-state index < -0.39 is 0 Å². The van der Waals surface area contributed by atoms with Gasteiger partial charge in [-0.1, -0.05) is 30.4 Å². The van der Waals surface area contributed by atoms with Crippen molar-refractivity contribution in [1.29, 1.82) is 0 Å². The monoisotopic (exact) mass is 176 g/mol. The molecule has 1 heteroatoms. The summed E-state index contributed by atoms with van der Waals surface area (Å²) in [6.07, 6.45) is 3.75. The summed E-state index contributed by atoms with van der Waals surface area (Å²) in [7, 11) is 0. The Kier molecular flexibility index (Phi) is 3.02. The maximum atomic E-state index is 12.8. The van der Waals surface area contributed by atoms with Gasteiger partial charge in [-0.25, -0.2) is 4.39 Å². The Morgan fingerprint density at radius 1 is 1.46 bits per heavy atom. The first-order valence-electron chi connectivity index (χ1n) is 4.19. The van der Waals surface area contributed by atoms with Gasteiger partial charge in [0.15, 0.2) is 0 Å². The number of allylic oxidation sites excluding steroid dienone is 2. The van der Waals surface area contributed by atoms with Crippen LogP contribution in [0.1, 0.15) is 18.1 Å². The van der Waals surface area contributed by atoms with E-state index in [0.717, 1.165) is 16.7 Å². The topological polar surface area (TPSA) is 0 Å². The first kappa shape index (κ1) is 9.72. The molecule has 0 saturated carbocycles. The molecule has 1 aromatic rings. The van der Waals surface area contributed by atoms with Crippen LogP contribution in [0, 0.1) is 12.7 Å². The second kappa shape index (κ2) is 4.04. The third-order valence-corrected chi connectivity index (χ3v) is 1.79. The lowest BCUT2D eigenvalue weighted by Crippen LogP contribution is -1.82. The molecule has 0 fully saturated rings. The van der Waals surface area contributed by atoms with Gasteiger partial charge >= 0.3 is 0 Å². The highest BCUT2D eigenvalue weighted by Crippen LogP contribution is 2.12. The van der Waals surface area contributed by atoms with E-state index in [0.29, 0.717) is 0 Å². The Morgan fingerprint density at radius 2 is 2.15 bits per heavy atom. The zero-order valence-corrected chi connectivity index (χ0v) is 7.97. The Hall–Kier alpha value is -1.37. The van der Waals surface area contributed by atoms with Crippen LogP contribution >= 0.6 is 0 Å². The van der Waals surface area contributed by atoms with Crippen molar-refractivity contribution in [2.24, 2.45) is 0 Å². The van der Waals surface area contributed by atoms with Gasteiger partial charge < -0.3 is 0 Å². The summed E-state index contributed by atoms with van der Waals surface area (Å²) in [6, 6.07) is 4.76. The van der Waals surface area contributed by atoms with E-state index in [-0.39, 0.29) is 5.82 Å². The minimum absolute atomic E-state index is 0.202. The second-order valence-corrected chi connectivity index (χ2v) is 3.18. The van der Waals surface area contributed by atoms with E-state index in [1.54, 1.807) is 6.07 Å². The standard InChI is InChI=1S/C12H13F/c1-9(2)4-6-11-8-12(13)7-5-10(11)3/h4-8H,1H2,2-3H3/b6-4-. The van der Waals surface area contributed by atoms with Crippen LogP contribution in [0.15, 0.2) is 36.4 Å². The normalized spacial score (nSPS) is 10.7. The summed E-state index contributed by atoms with van der Waals surface area (Å²) in [5, 5.41) is 0. The van der Waals surface area contributed by atoms with Crippen LogP contribution in [0.25, 0.3) is 6.08 Å². The number of hydrogen-bond donors (Lipinski definition) is 0. The minimum Gasteiger partial charge on any atom is -0.207 e. The number of hydrogen-bond acceptors (Lipinski definition) is 0. The zero-order chi connectivity index (χ0) is 9.84. The molecule has 1 rings (SSSR count). The SMILES string of the molecule is C=C(C)/C=C\c1cc(F)ccc1C. The molecule has 0 aliphatic carbocycles. The lowest BCUT2D eigenvalue weighted by Gasteiger charge is -1.99. The van der Waals surface area contributed by atoms with Gasteiger partial charge in [0, 0.05) is 0 Å². The van der Waals surface area contributed by atoms with Crippen LogP contribution in [0.4, 0.5) is 4.39 Å². The number of halogens is 1. The highest BCUT2D eigenvalue weighted by Gasteiger charge is 1.95. The molecule has 0 nitrogen and oxygen atoms in total. The molecule has 0 aliphatic heterocycles. The van der Waals surface area contributed by atoms with E-state index in [1.165, 1.54) is 12.1 Å². The van der Waals surface area contributed by atoms with Crippen LogP contribution in [-0.2, 0) is 0 Å². The molecule has 0 saturated heterocycles. The second-order valence-electron chi connectivity index (χ2n) is 3.18. The maximum Gasteiger partial charge on any atom is 0.123 e. The summed E-state index contributed by atoms with van der Waals surface area (Å²) in [5.74, 6) is -0.202. The number of rotatable bonds is 2. The molecule has 0 amide bonds. The molecule has 0 aromatic heterocycles. The fourth-order valence-corrected chi connectivity index (χ4v) is 1.02. The molecular formula is C12H13F. The van der Waals surface area contributed by atoms with Crippen LogP contribution in [0.2, 0.25) is 0 Å². The Bertz CT molecular complexity index is 348. The fraction of sp³-hybridized carbons (Fsp3) is 0.167. The lowest BCUT2D eigenvalue weighted by atomic mass is 10.1. The smallest absolute Gasteiger partial charge is 0.123 e. The van der Waals surface area contributed by atoms with Crippen molar-refractivity contribution in [2.45, 2.75) is 13.8 Å². The first-order chi connectivity index (χ1) is 6.09. The van der Waals surface area contributed by atoms with E-state index in [9.17, 15) is 4.39 Å². The molecule has 13 heavy (non-hydrogen) atoms. The van der Waals surface area contributed by atoms with Crippen molar-refractivity contribution in [1.82, 2.24) is 0 Å². The highest BCUT2D eigenvalue weighted by atomic mass is 19.1. The third-order valence-electron chi connectivity index (χ3n) is 1.79. The summed E-state index contributed by atoms with van der Waals surface area (Å²) >= 11 is 0.